The van der Waals surface area contributed by atoms with Gasteiger partial charge in [0, 0.05) is 37.9 Å². The lowest BCUT2D eigenvalue weighted by Crippen LogP contribution is -2.40. The number of H-pyrrole nitrogens is 1. The minimum Gasteiger partial charge on any atom is -0.489 e. The number of amides is 2. The van der Waals surface area contributed by atoms with Crippen molar-refractivity contribution in [3.63, 3.8) is 0 Å². The lowest BCUT2D eigenvalue weighted by atomic mass is 10.1. The van der Waals surface area contributed by atoms with Crippen LogP contribution in [0.2, 0.25) is 5.02 Å². The molecule has 0 radical (unpaired) electrons. The highest BCUT2D eigenvalue weighted by Gasteiger charge is 2.24. The third-order valence-corrected chi connectivity index (χ3v) is 4.70. The van der Waals surface area contributed by atoms with Crippen molar-refractivity contribution in [1.29, 1.82) is 0 Å². The van der Waals surface area contributed by atoms with Gasteiger partial charge < -0.3 is 15.0 Å². The number of likely N-dealkylation sites (tertiary alicyclic amines) is 1. The summed E-state index contributed by atoms with van der Waals surface area (Å²) in [7, 11) is 0. The molecule has 1 aromatic carbocycles. The summed E-state index contributed by atoms with van der Waals surface area (Å²) in [6.07, 6.45) is 1.35. The molecule has 0 aliphatic carbocycles. The van der Waals surface area contributed by atoms with Crippen LogP contribution in [0.3, 0.4) is 0 Å². The number of nitrogens with one attached hydrogen (secondary N) is 2. The number of benzene rings is 1. The van der Waals surface area contributed by atoms with Crippen LogP contribution in [0.1, 0.15) is 48.9 Å². The second-order valence-corrected chi connectivity index (χ2v) is 6.87. The van der Waals surface area contributed by atoms with E-state index in [-0.39, 0.29) is 17.9 Å². The number of halogens is 1. The van der Waals surface area contributed by atoms with E-state index in [2.05, 4.69) is 25.9 Å². The summed E-state index contributed by atoms with van der Waals surface area (Å²) in [5, 5.41) is 16.8. The molecular formula is C17H21ClN6O3. The number of aromatic amines is 1. The van der Waals surface area contributed by atoms with Crippen LogP contribution in [0.5, 0.6) is 5.75 Å². The minimum atomic E-state index is -0.429. The number of hydrogen-bond acceptors (Lipinski definition) is 6. The highest BCUT2D eigenvalue weighted by Crippen LogP contribution is 2.27. The van der Waals surface area contributed by atoms with Gasteiger partial charge in [-0.05, 0) is 25.1 Å². The van der Waals surface area contributed by atoms with E-state index in [1.807, 2.05) is 0 Å². The molecule has 0 saturated carbocycles. The van der Waals surface area contributed by atoms with Gasteiger partial charge in [0.15, 0.2) is 5.82 Å². The van der Waals surface area contributed by atoms with E-state index in [4.69, 9.17) is 16.3 Å². The number of nitrogens with zero attached hydrogens (tertiary/aromatic N) is 4. The highest BCUT2D eigenvalue weighted by atomic mass is 35.5. The molecule has 2 heterocycles. The molecule has 1 aliphatic heterocycles. The summed E-state index contributed by atoms with van der Waals surface area (Å²) < 4.78 is 6.06. The Labute approximate surface area is 161 Å². The second kappa shape index (κ2) is 8.34. The number of carbonyl (C=O) groups is 2. The van der Waals surface area contributed by atoms with Gasteiger partial charge in [-0.1, -0.05) is 16.8 Å². The van der Waals surface area contributed by atoms with Crippen LogP contribution < -0.4 is 10.1 Å². The monoisotopic (exact) mass is 392 g/mol. The van der Waals surface area contributed by atoms with Gasteiger partial charge in [-0.15, -0.1) is 10.2 Å². The number of carbonyl (C=O) groups excluding carboxylic acids is 2. The molecule has 2 N–H and O–H groups in total. The summed E-state index contributed by atoms with van der Waals surface area (Å²) in [6.45, 7) is 4.60. The predicted octanol–water partition coefficient (Wildman–Crippen LogP) is 1.73. The first-order chi connectivity index (χ1) is 12.9. The van der Waals surface area contributed by atoms with Gasteiger partial charge in [0.05, 0.1) is 11.6 Å². The van der Waals surface area contributed by atoms with E-state index in [1.54, 1.807) is 36.9 Å². The molecule has 1 saturated heterocycles. The molecule has 0 bridgehead atoms. The average molecular weight is 393 g/mol. The largest absolute Gasteiger partial charge is 0.489 e. The normalized spacial score (nSPS) is 16.0. The molecule has 0 unspecified atom stereocenters. The van der Waals surface area contributed by atoms with E-state index in [9.17, 15) is 9.59 Å². The summed E-state index contributed by atoms with van der Waals surface area (Å²) in [5.74, 6) is 0.560. The fourth-order valence-corrected chi connectivity index (χ4v) is 3.11. The van der Waals surface area contributed by atoms with E-state index >= 15 is 0 Å². The van der Waals surface area contributed by atoms with Gasteiger partial charge in [0.2, 0.25) is 5.91 Å². The standard InChI is InChI=1S/C17H21ClN6O3/c1-10(16-20-22-23-21-16)19-17(26)14-9-12(18)3-4-15(14)27-13-5-7-24(8-6-13)11(2)25/h3-4,9-10,13H,5-8H2,1-2H3,(H,19,26)(H,20,21,22,23)/t10-/m1/s1. The van der Waals surface area contributed by atoms with Crippen LogP contribution in [-0.4, -0.2) is 56.5 Å². The lowest BCUT2D eigenvalue weighted by molar-refractivity contribution is -0.130. The van der Waals surface area contributed by atoms with Gasteiger partial charge in [-0.2, -0.15) is 5.21 Å². The molecule has 2 aromatic rings. The Morgan fingerprint density at radius 1 is 1.37 bits per heavy atom. The fraction of sp³-hybridized carbons (Fsp3) is 0.471. The Morgan fingerprint density at radius 2 is 2.11 bits per heavy atom. The zero-order chi connectivity index (χ0) is 19.4. The Balaban J connectivity index is 1.69. The molecule has 10 heteroatoms. The molecule has 1 aliphatic rings. The zero-order valence-corrected chi connectivity index (χ0v) is 15.9. The van der Waals surface area contributed by atoms with Crippen molar-refractivity contribution in [2.45, 2.75) is 38.8 Å². The first-order valence-electron chi connectivity index (χ1n) is 8.70. The van der Waals surface area contributed by atoms with Crippen LogP contribution in [0.4, 0.5) is 0 Å². The first kappa shape index (κ1) is 19.1. The number of rotatable bonds is 5. The number of hydrogen-bond donors (Lipinski definition) is 2. The third-order valence-electron chi connectivity index (χ3n) is 4.46. The number of piperidine rings is 1. The van der Waals surface area contributed by atoms with E-state index in [0.29, 0.717) is 48.1 Å². The third kappa shape index (κ3) is 4.73. The van der Waals surface area contributed by atoms with Crippen LogP contribution in [-0.2, 0) is 4.79 Å². The SMILES string of the molecule is CC(=O)N1CCC(Oc2ccc(Cl)cc2C(=O)N[C@H](C)c2nn[nH]n2)CC1. The molecule has 144 valence electrons. The molecule has 0 spiro atoms. The molecule has 27 heavy (non-hydrogen) atoms. The average Bonchev–Trinajstić information content (AvgIpc) is 3.18. The molecule has 9 nitrogen and oxygen atoms in total. The molecule has 1 aromatic heterocycles. The highest BCUT2D eigenvalue weighted by molar-refractivity contribution is 6.31. The number of ether oxygens (including phenoxy) is 1. The topological polar surface area (TPSA) is 113 Å². The fourth-order valence-electron chi connectivity index (χ4n) is 2.94. The quantitative estimate of drug-likeness (QED) is 0.801. The summed E-state index contributed by atoms with van der Waals surface area (Å²) in [5.41, 5.74) is 0.340. The molecule has 2 amide bonds. The smallest absolute Gasteiger partial charge is 0.255 e. The van der Waals surface area contributed by atoms with Crippen LogP contribution in [0.15, 0.2) is 18.2 Å². The van der Waals surface area contributed by atoms with E-state index < -0.39 is 6.04 Å². The van der Waals surface area contributed by atoms with Gasteiger partial charge in [0.1, 0.15) is 11.9 Å². The van der Waals surface area contributed by atoms with Crippen molar-refractivity contribution in [2.24, 2.45) is 0 Å². The Morgan fingerprint density at radius 3 is 2.74 bits per heavy atom. The Kier molecular flexibility index (Phi) is 5.90. The molecule has 3 rings (SSSR count). The number of aromatic nitrogens is 4. The molecule has 1 atom stereocenters. The first-order valence-corrected chi connectivity index (χ1v) is 9.07. The summed E-state index contributed by atoms with van der Waals surface area (Å²) >= 11 is 6.07. The van der Waals surface area contributed by atoms with Crippen molar-refractivity contribution in [1.82, 2.24) is 30.8 Å². The van der Waals surface area contributed by atoms with E-state index in [1.165, 1.54) is 0 Å². The lowest BCUT2D eigenvalue weighted by Gasteiger charge is -2.31. The summed E-state index contributed by atoms with van der Waals surface area (Å²) in [6, 6.07) is 4.51. The Bertz CT molecular complexity index is 805. The molecule has 1 fully saturated rings. The Hall–Kier alpha value is -2.68. The van der Waals surface area contributed by atoms with Crippen molar-refractivity contribution < 1.29 is 14.3 Å². The maximum Gasteiger partial charge on any atom is 0.255 e. The van der Waals surface area contributed by atoms with Gasteiger partial charge in [-0.25, -0.2) is 0 Å². The van der Waals surface area contributed by atoms with Crippen molar-refractivity contribution >= 4 is 23.4 Å². The summed E-state index contributed by atoms with van der Waals surface area (Å²) in [4.78, 5) is 26.0. The van der Waals surface area contributed by atoms with Crippen LogP contribution in [0, 0.1) is 0 Å². The van der Waals surface area contributed by atoms with Crippen molar-refractivity contribution in [3.8, 4) is 5.75 Å². The van der Waals surface area contributed by atoms with Crippen molar-refractivity contribution in [2.75, 3.05) is 13.1 Å². The maximum absolute atomic E-state index is 12.7. The van der Waals surface area contributed by atoms with Crippen LogP contribution >= 0.6 is 11.6 Å². The molecular weight excluding hydrogens is 372 g/mol. The minimum absolute atomic E-state index is 0.0652. The number of tetrazole rings is 1. The van der Waals surface area contributed by atoms with E-state index in [0.717, 1.165) is 0 Å². The predicted molar refractivity (Wildman–Crippen MR) is 97.4 cm³/mol. The van der Waals surface area contributed by atoms with Crippen molar-refractivity contribution in [3.05, 3.63) is 34.6 Å². The second-order valence-electron chi connectivity index (χ2n) is 6.43. The van der Waals surface area contributed by atoms with Gasteiger partial charge in [-0.3, -0.25) is 9.59 Å². The van der Waals surface area contributed by atoms with Gasteiger partial charge in [0.25, 0.3) is 5.91 Å². The van der Waals surface area contributed by atoms with Crippen LogP contribution in [0.25, 0.3) is 0 Å². The maximum atomic E-state index is 12.7. The van der Waals surface area contributed by atoms with Gasteiger partial charge >= 0.3 is 0 Å². The zero-order valence-electron chi connectivity index (χ0n) is 15.1.